The summed E-state index contributed by atoms with van der Waals surface area (Å²) < 4.78 is 32.5. The third-order valence-corrected chi connectivity index (χ3v) is 2.25. The minimum Gasteiger partial charge on any atom is -0.463 e. The molecule has 0 aliphatic rings. The van der Waals surface area contributed by atoms with E-state index in [4.69, 9.17) is 0 Å². The van der Waals surface area contributed by atoms with Gasteiger partial charge in [0, 0.05) is 0 Å². The van der Waals surface area contributed by atoms with Gasteiger partial charge in [0.1, 0.15) is 4.99 Å². The average molecular weight is 283 g/mol. The number of carbonyl (C=O) groups is 2. The van der Waals surface area contributed by atoms with Crippen LogP contribution < -0.4 is 4.72 Å². The van der Waals surface area contributed by atoms with Crippen LogP contribution in [0.2, 0.25) is 0 Å². The lowest BCUT2D eigenvalue weighted by Crippen LogP contribution is -2.30. The van der Waals surface area contributed by atoms with E-state index in [0.717, 1.165) is 6.26 Å². The predicted molar refractivity (Wildman–Crippen MR) is 62.8 cm³/mol. The molecule has 0 aromatic heterocycles. The molecule has 0 aliphatic carbocycles. The molecule has 0 aromatic rings. The molecule has 0 saturated carbocycles. The maximum Gasteiger partial charge on any atom is 0.344 e. The van der Waals surface area contributed by atoms with Crippen molar-refractivity contribution >= 4 is 39.2 Å². The quantitative estimate of drug-likeness (QED) is 0.511. The molecular weight excluding hydrogens is 270 g/mol. The first-order valence-corrected chi connectivity index (χ1v) is 6.86. The highest BCUT2D eigenvalue weighted by atomic mass is 32.2. The van der Waals surface area contributed by atoms with Gasteiger partial charge in [0.05, 0.1) is 19.3 Å². The number of nitrogens with one attached hydrogen (secondary N) is 1. The molecule has 0 spiro atoms. The first kappa shape index (κ1) is 15.8. The summed E-state index contributed by atoms with van der Waals surface area (Å²) in [6, 6.07) is 0. The summed E-state index contributed by atoms with van der Waals surface area (Å²) in [4.78, 5) is 21.7. The van der Waals surface area contributed by atoms with Crippen molar-refractivity contribution in [1.29, 1.82) is 0 Å². The van der Waals surface area contributed by atoms with Crippen LogP contribution in [-0.4, -0.2) is 44.8 Å². The van der Waals surface area contributed by atoms with Crippen LogP contribution in [0.25, 0.3) is 0 Å². The van der Waals surface area contributed by atoms with E-state index in [2.05, 4.69) is 21.7 Å². The Bertz CT molecular complexity index is 402. The molecule has 98 valence electrons. The van der Waals surface area contributed by atoms with Crippen molar-refractivity contribution in [3.63, 3.8) is 0 Å². The lowest BCUT2D eigenvalue weighted by Gasteiger charge is -2.06. The van der Waals surface area contributed by atoms with Crippen molar-refractivity contribution in [3.05, 3.63) is 0 Å². The Balaban J connectivity index is 3.95. The second-order valence-electron chi connectivity index (χ2n) is 2.94. The zero-order valence-corrected chi connectivity index (χ0v) is 11.0. The van der Waals surface area contributed by atoms with E-state index < -0.39 is 35.0 Å². The highest BCUT2D eigenvalue weighted by molar-refractivity contribution is 7.91. The van der Waals surface area contributed by atoms with Crippen LogP contribution >= 0.6 is 12.2 Å². The van der Waals surface area contributed by atoms with Gasteiger partial charge in [-0.25, -0.2) is 13.2 Å². The monoisotopic (exact) mass is 283 g/mol. The summed E-state index contributed by atoms with van der Waals surface area (Å²) in [6.07, 6.45) is 0.491. The lowest BCUT2D eigenvalue weighted by atomic mass is 10.4. The summed E-state index contributed by atoms with van der Waals surface area (Å²) in [7, 11) is -3.50. The van der Waals surface area contributed by atoms with Crippen molar-refractivity contribution in [3.8, 4) is 0 Å². The average Bonchev–Trinajstić information content (AvgIpc) is 2.12. The van der Waals surface area contributed by atoms with Gasteiger partial charge in [-0.1, -0.05) is 12.2 Å². The number of sulfonamides is 1. The first-order valence-electron chi connectivity index (χ1n) is 4.56. The fraction of sp³-hybridized carbons (Fsp3) is 0.625. The van der Waals surface area contributed by atoms with E-state index in [-0.39, 0.29) is 11.6 Å². The summed E-state index contributed by atoms with van der Waals surface area (Å²) in [5.74, 6) is -1.48. The Hall–Kier alpha value is -1.22. The first-order chi connectivity index (χ1) is 7.74. The van der Waals surface area contributed by atoms with Crippen molar-refractivity contribution in [2.75, 3.05) is 19.5 Å². The van der Waals surface area contributed by atoms with Gasteiger partial charge in [0.2, 0.25) is 10.0 Å². The van der Waals surface area contributed by atoms with Crippen LogP contribution in [0.3, 0.4) is 0 Å². The number of esters is 2. The fourth-order valence-corrected chi connectivity index (χ4v) is 1.82. The van der Waals surface area contributed by atoms with Gasteiger partial charge in [-0.2, -0.15) is 0 Å². The number of ether oxygens (including phenoxy) is 2. The van der Waals surface area contributed by atoms with E-state index in [0.29, 0.717) is 0 Å². The molecule has 0 unspecified atom stereocenters. The Morgan fingerprint density at radius 3 is 2.29 bits per heavy atom. The minimum atomic E-state index is -3.50. The molecule has 0 saturated heterocycles. The molecule has 0 fully saturated rings. The van der Waals surface area contributed by atoms with Crippen molar-refractivity contribution in [2.24, 2.45) is 0 Å². The Morgan fingerprint density at radius 1 is 1.24 bits per heavy atom. The molecule has 0 amide bonds. The molecular formula is C8H13NO6S2. The number of carbonyl (C=O) groups excluding carboxylic acids is 2. The molecule has 9 heteroatoms. The van der Waals surface area contributed by atoms with Gasteiger partial charge >= 0.3 is 11.9 Å². The number of thiocarbonyl (C=S) groups is 1. The third kappa shape index (κ3) is 9.69. The zero-order valence-electron chi connectivity index (χ0n) is 9.39. The van der Waals surface area contributed by atoms with Gasteiger partial charge in [-0.05, 0) is 6.92 Å². The standard InChI is InChI=1S/C8H13NO6S2/c1-3-14-8(11)5-15-7(10)4-6(16)9-17(2,12)13/h3-5H2,1-2H3,(H,9,16). The van der Waals surface area contributed by atoms with E-state index >= 15 is 0 Å². The lowest BCUT2D eigenvalue weighted by molar-refractivity contribution is -0.157. The maximum absolute atomic E-state index is 11.1. The summed E-state index contributed by atoms with van der Waals surface area (Å²) in [5, 5.41) is 0. The third-order valence-electron chi connectivity index (χ3n) is 1.26. The van der Waals surface area contributed by atoms with Gasteiger partial charge in [-0.15, -0.1) is 0 Å². The van der Waals surface area contributed by atoms with E-state index in [1.807, 2.05) is 4.72 Å². The van der Waals surface area contributed by atoms with Crippen LogP contribution in [0.4, 0.5) is 0 Å². The topological polar surface area (TPSA) is 98.8 Å². The van der Waals surface area contributed by atoms with Crippen LogP contribution in [0.15, 0.2) is 0 Å². The van der Waals surface area contributed by atoms with E-state index in [1.54, 1.807) is 6.92 Å². The molecule has 17 heavy (non-hydrogen) atoms. The maximum atomic E-state index is 11.1. The summed E-state index contributed by atoms with van der Waals surface area (Å²) >= 11 is 4.60. The summed E-state index contributed by atoms with van der Waals surface area (Å²) in [6.45, 7) is 1.28. The second-order valence-corrected chi connectivity index (χ2v) is 5.18. The van der Waals surface area contributed by atoms with Crippen LogP contribution in [0.1, 0.15) is 13.3 Å². The van der Waals surface area contributed by atoms with E-state index in [1.165, 1.54) is 0 Å². The van der Waals surface area contributed by atoms with Gasteiger partial charge in [0.15, 0.2) is 6.61 Å². The molecule has 0 aliphatic heterocycles. The predicted octanol–water partition coefficient (Wildman–Crippen LogP) is -0.641. The molecule has 0 radical (unpaired) electrons. The molecule has 1 N–H and O–H groups in total. The summed E-state index contributed by atoms with van der Waals surface area (Å²) in [5.41, 5.74) is 0. The molecule has 0 aromatic carbocycles. The van der Waals surface area contributed by atoms with Crippen LogP contribution in [-0.2, 0) is 29.1 Å². The number of rotatable bonds is 6. The molecule has 0 rings (SSSR count). The van der Waals surface area contributed by atoms with Crippen LogP contribution in [0.5, 0.6) is 0 Å². The second kappa shape index (κ2) is 7.17. The fourth-order valence-electron chi connectivity index (χ4n) is 0.767. The zero-order chi connectivity index (χ0) is 13.5. The molecule has 0 heterocycles. The number of hydrogen-bond acceptors (Lipinski definition) is 7. The molecule has 0 atom stereocenters. The Kier molecular flexibility index (Phi) is 6.66. The SMILES string of the molecule is CCOC(=O)COC(=O)CC(=S)NS(C)(=O)=O. The number of hydrogen-bond donors (Lipinski definition) is 1. The van der Waals surface area contributed by atoms with Gasteiger partial charge in [0.25, 0.3) is 0 Å². The Morgan fingerprint density at radius 2 is 1.82 bits per heavy atom. The van der Waals surface area contributed by atoms with Crippen molar-refractivity contribution in [1.82, 2.24) is 4.72 Å². The smallest absolute Gasteiger partial charge is 0.344 e. The van der Waals surface area contributed by atoms with Crippen LogP contribution in [0, 0.1) is 0 Å². The van der Waals surface area contributed by atoms with Gasteiger partial charge < -0.3 is 9.47 Å². The minimum absolute atomic E-state index is 0.185. The molecule has 0 bridgehead atoms. The van der Waals surface area contributed by atoms with E-state index in [9.17, 15) is 18.0 Å². The highest BCUT2D eigenvalue weighted by Crippen LogP contribution is 1.92. The normalized spacial score (nSPS) is 10.5. The van der Waals surface area contributed by atoms with Crippen molar-refractivity contribution in [2.45, 2.75) is 13.3 Å². The van der Waals surface area contributed by atoms with Crippen molar-refractivity contribution < 1.29 is 27.5 Å². The Labute approximate surface area is 105 Å². The largest absolute Gasteiger partial charge is 0.463 e. The van der Waals surface area contributed by atoms with Gasteiger partial charge in [-0.3, -0.25) is 9.52 Å². The molecule has 7 nitrogen and oxygen atoms in total. The highest BCUT2D eigenvalue weighted by Gasteiger charge is 2.12.